The van der Waals surface area contributed by atoms with Crippen molar-refractivity contribution >= 4 is 27.6 Å². The maximum Gasteiger partial charge on any atom is 0.338 e. The molecule has 1 heterocycles. The smallest absolute Gasteiger partial charge is 0.338 e. The standard InChI is InChI=1S/C15H20O3S2/c1-15(2)13(17-3)12(9-10-19-20-15)18-14(16)11-7-5-4-6-8-11/h4-8,12-13H,9-10H2,1-3H3. The number of hydrogen-bond donors (Lipinski definition) is 0. The third kappa shape index (κ3) is 3.71. The zero-order valence-electron chi connectivity index (χ0n) is 12.0. The number of rotatable bonds is 3. The fourth-order valence-electron chi connectivity index (χ4n) is 2.34. The highest BCUT2D eigenvalue weighted by atomic mass is 33.1. The maximum absolute atomic E-state index is 12.2. The SMILES string of the molecule is COC1C(OC(=O)c2ccccc2)CCSSC1(C)C. The molecule has 1 aliphatic heterocycles. The molecule has 0 bridgehead atoms. The van der Waals surface area contributed by atoms with Crippen molar-refractivity contribution < 1.29 is 14.3 Å². The molecular formula is C15H20O3S2. The molecule has 1 saturated heterocycles. The molecule has 2 unspecified atom stereocenters. The lowest BCUT2D eigenvalue weighted by Gasteiger charge is -2.34. The summed E-state index contributed by atoms with van der Waals surface area (Å²) in [5.74, 6) is 0.686. The second-order valence-electron chi connectivity index (χ2n) is 5.26. The van der Waals surface area contributed by atoms with Gasteiger partial charge in [0.15, 0.2) is 0 Å². The minimum Gasteiger partial charge on any atom is -0.456 e. The number of ether oxygens (including phenoxy) is 2. The van der Waals surface area contributed by atoms with Crippen LogP contribution in [0.1, 0.15) is 30.6 Å². The average Bonchev–Trinajstić information content (AvgIpc) is 2.57. The zero-order valence-corrected chi connectivity index (χ0v) is 13.6. The molecule has 3 nitrogen and oxygen atoms in total. The number of esters is 1. The number of methoxy groups -OCH3 is 1. The van der Waals surface area contributed by atoms with E-state index in [9.17, 15) is 4.79 Å². The zero-order chi connectivity index (χ0) is 14.6. The summed E-state index contributed by atoms with van der Waals surface area (Å²) in [7, 11) is 5.30. The van der Waals surface area contributed by atoms with Crippen LogP contribution in [0.2, 0.25) is 0 Å². The van der Waals surface area contributed by atoms with Gasteiger partial charge in [0.1, 0.15) is 12.2 Å². The van der Waals surface area contributed by atoms with Crippen molar-refractivity contribution in [2.24, 2.45) is 0 Å². The minimum atomic E-state index is -0.273. The van der Waals surface area contributed by atoms with Gasteiger partial charge >= 0.3 is 5.97 Å². The summed E-state index contributed by atoms with van der Waals surface area (Å²) in [6.07, 6.45) is 0.512. The normalized spacial score (nSPS) is 25.8. The number of benzene rings is 1. The molecule has 0 spiro atoms. The molecule has 0 amide bonds. The third-order valence-corrected chi connectivity index (χ3v) is 6.63. The van der Waals surface area contributed by atoms with Crippen LogP contribution in [0.5, 0.6) is 0 Å². The lowest BCUT2D eigenvalue weighted by Crippen LogP contribution is -2.44. The lowest BCUT2D eigenvalue weighted by atomic mass is 9.98. The van der Waals surface area contributed by atoms with Crippen molar-refractivity contribution in [1.82, 2.24) is 0 Å². The summed E-state index contributed by atoms with van der Waals surface area (Å²) in [5.41, 5.74) is 0.588. The maximum atomic E-state index is 12.2. The largest absolute Gasteiger partial charge is 0.456 e. The monoisotopic (exact) mass is 312 g/mol. The summed E-state index contributed by atoms with van der Waals surface area (Å²) in [5, 5.41) is 0. The second kappa shape index (κ2) is 6.87. The Kier molecular flexibility index (Phi) is 5.41. The highest BCUT2D eigenvalue weighted by molar-refractivity contribution is 8.77. The Morgan fingerprint density at radius 3 is 2.65 bits per heavy atom. The molecule has 5 heteroatoms. The molecule has 20 heavy (non-hydrogen) atoms. The molecule has 1 fully saturated rings. The Bertz CT molecular complexity index is 448. The first-order chi connectivity index (χ1) is 9.54. The van der Waals surface area contributed by atoms with Crippen LogP contribution in [-0.2, 0) is 9.47 Å². The van der Waals surface area contributed by atoms with Gasteiger partial charge in [0.05, 0.1) is 10.3 Å². The third-order valence-electron chi connectivity index (χ3n) is 3.30. The Morgan fingerprint density at radius 2 is 2.00 bits per heavy atom. The Hall–Kier alpha value is -0.650. The molecule has 0 radical (unpaired) electrons. The summed E-state index contributed by atoms with van der Waals surface area (Å²) in [6, 6.07) is 9.11. The van der Waals surface area contributed by atoms with Crippen molar-refractivity contribution in [3.8, 4) is 0 Å². The predicted molar refractivity (Wildman–Crippen MR) is 85.2 cm³/mol. The van der Waals surface area contributed by atoms with Gasteiger partial charge in [0.2, 0.25) is 0 Å². The Balaban J connectivity index is 2.11. The van der Waals surface area contributed by atoms with Gasteiger partial charge in [-0.25, -0.2) is 4.79 Å². The summed E-state index contributed by atoms with van der Waals surface area (Å²) >= 11 is 0. The number of carbonyl (C=O) groups excluding carboxylic acids is 1. The highest BCUT2D eigenvalue weighted by Gasteiger charge is 2.41. The predicted octanol–water partition coefficient (Wildman–Crippen LogP) is 3.79. The first-order valence-corrected chi connectivity index (χ1v) is 8.96. The van der Waals surface area contributed by atoms with Gasteiger partial charge in [-0.1, -0.05) is 39.8 Å². The van der Waals surface area contributed by atoms with E-state index in [1.807, 2.05) is 29.0 Å². The first-order valence-electron chi connectivity index (χ1n) is 6.64. The Morgan fingerprint density at radius 1 is 1.30 bits per heavy atom. The molecule has 0 aromatic heterocycles. The lowest BCUT2D eigenvalue weighted by molar-refractivity contribution is -0.0468. The first kappa shape index (κ1) is 15.7. The van der Waals surface area contributed by atoms with Crippen LogP contribution in [0.25, 0.3) is 0 Å². The van der Waals surface area contributed by atoms with Gasteiger partial charge in [-0.3, -0.25) is 0 Å². The van der Waals surface area contributed by atoms with Crippen molar-refractivity contribution in [3.05, 3.63) is 35.9 Å². The van der Waals surface area contributed by atoms with Gasteiger partial charge in [-0.2, -0.15) is 0 Å². The molecule has 2 rings (SSSR count). The fraction of sp³-hybridized carbons (Fsp3) is 0.533. The second-order valence-corrected chi connectivity index (χ2v) is 8.33. The molecular weight excluding hydrogens is 292 g/mol. The molecule has 110 valence electrons. The molecule has 1 aromatic rings. The van der Waals surface area contributed by atoms with Crippen LogP contribution in [0.4, 0.5) is 0 Å². The van der Waals surface area contributed by atoms with E-state index >= 15 is 0 Å². The van der Waals surface area contributed by atoms with E-state index in [-0.39, 0.29) is 22.9 Å². The van der Waals surface area contributed by atoms with Crippen LogP contribution in [0.3, 0.4) is 0 Å². The van der Waals surface area contributed by atoms with E-state index in [0.29, 0.717) is 5.56 Å². The van der Waals surface area contributed by atoms with E-state index in [1.165, 1.54) is 0 Å². The molecule has 0 saturated carbocycles. The number of carbonyl (C=O) groups is 1. The van der Waals surface area contributed by atoms with Crippen LogP contribution < -0.4 is 0 Å². The van der Waals surface area contributed by atoms with Crippen molar-refractivity contribution in [1.29, 1.82) is 0 Å². The quantitative estimate of drug-likeness (QED) is 0.627. The van der Waals surface area contributed by atoms with Crippen molar-refractivity contribution in [3.63, 3.8) is 0 Å². The van der Waals surface area contributed by atoms with Gasteiger partial charge in [-0.15, -0.1) is 0 Å². The van der Waals surface area contributed by atoms with E-state index < -0.39 is 0 Å². The van der Waals surface area contributed by atoms with Crippen LogP contribution in [0, 0.1) is 0 Å². The van der Waals surface area contributed by atoms with Crippen LogP contribution >= 0.6 is 21.6 Å². The van der Waals surface area contributed by atoms with Crippen molar-refractivity contribution in [2.75, 3.05) is 12.9 Å². The minimum absolute atomic E-state index is 0.0858. The van der Waals surface area contributed by atoms with E-state index in [4.69, 9.17) is 9.47 Å². The van der Waals surface area contributed by atoms with Gasteiger partial charge in [-0.05, 0) is 32.4 Å². The Labute approximate surface area is 128 Å². The number of hydrogen-bond acceptors (Lipinski definition) is 5. The van der Waals surface area contributed by atoms with Crippen molar-refractivity contribution in [2.45, 2.75) is 37.2 Å². The van der Waals surface area contributed by atoms with E-state index in [0.717, 1.165) is 12.2 Å². The topological polar surface area (TPSA) is 35.5 Å². The van der Waals surface area contributed by atoms with E-state index in [1.54, 1.807) is 30.0 Å². The molecule has 0 N–H and O–H groups in total. The molecule has 1 aromatic carbocycles. The molecule has 2 atom stereocenters. The van der Waals surface area contributed by atoms with Gasteiger partial charge in [0.25, 0.3) is 0 Å². The summed E-state index contributed by atoms with van der Waals surface area (Å²) in [6.45, 7) is 4.26. The average molecular weight is 312 g/mol. The fourth-order valence-corrected chi connectivity index (χ4v) is 5.13. The van der Waals surface area contributed by atoms with E-state index in [2.05, 4.69) is 13.8 Å². The van der Waals surface area contributed by atoms with Gasteiger partial charge in [0, 0.05) is 12.9 Å². The summed E-state index contributed by atoms with van der Waals surface area (Å²) < 4.78 is 11.2. The van der Waals surface area contributed by atoms with Crippen LogP contribution in [0.15, 0.2) is 30.3 Å². The summed E-state index contributed by atoms with van der Waals surface area (Å²) in [4.78, 5) is 12.2. The van der Waals surface area contributed by atoms with Gasteiger partial charge < -0.3 is 9.47 Å². The highest BCUT2D eigenvalue weighted by Crippen LogP contribution is 2.44. The molecule has 1 aliphatic rings. The van der Waals surface area contributed by atoms with Crippen LogP contribution in [-0.4, -0.2) is 35.8 Å². The molecule has 0 aliphatic carbocycles.